The van der Waals surface area contributed by atoms with Gasteiger partial charge in [0.05, 0.1) is 4.55 Å². The van der Waals surface area contributed by atoms with Gasteiger partial charge in [0.25, 0.3) is 17.7 Å². The van der Waals surface area contributed by atoms with E-state index in [1.807, 2.05) is 22.6 Å². The van der Waals surface area contributed by atoms with Gasteiger partial charge in [-0.15, -0.1) is 0 Å². The van der Waals surface area contributed by atoms with E-state index in [0.717, 1.165) is 51.4 Å². The first kappa shape index (κ1) is 29.6. The van der Waals surface area contributed by atoms with Gasteiger partial charge in [-0.3, -0.25) is 14.4 Å². The minimum absolute atomic E-state index is 0.104. The van der Waals surface area contributed by atoms with Crippen LogP contribution in [0.3, 0.4) is 0 Å². The first-order chi connectivity index (χ1) is 17.7. The summed E-state index contributed by atoms with van der Waals surface area (Å²) in [6.45, 7) is -0.182. The van der Waals surface area contributed by atoms with Crippen LogP contribution in [0.25, 0.3) is 0 Å². The van der Waals surface area contributed by atoms with E-state index in [4.69, 9.17) is 4.74 Å². The monoisotopic (exact) mass is 627 g/mol. The molecular formula is C27H42IN5O4. The summed E-state index contributed by atoms with van der Waals surface area (Å²) < 4.78 is 6.15. The van der Waals surface area contributed by atoms with Crippen molar-refractivity contribution in [3.8, 4) is 5.75 Å². The predicted octanol–water partition coefficient (Wildman–Crippen LogP) is 2.78. The Kier molecular flexibility index (Phi) is 11.4. The highest BCUT2D eigenvalue weighted by Crippen LogP contribution is 2.24. The number of amides is 3. The zero-order valence-corrected chi connectivity index (χ0v) is 24.7. The Labute approximate surface area is 234 Å². The highest BCUT2D eigenvalue weighted by molar-refractivity contribution is 14.1. The minimum atomic E-state index is -0.259. The molecule has 0 aromatic heterocycles. The van der Waals surface area contributed by atoms with Crippen molar-refractivity contribution in [3.63, 3.8) is 0 Å². The molecule has 10 heteroatoms. The van der Waals surface area contributed by atoms with Crippen LogP contribution in [0.4, 0.5) is 0 Å². The number of benzene rings is 1. The maximum atomic E-state index is 13.2. The van der Waals surface area contributed by atoms with Crippen LogP contribution in [0.5, 0.6) is 5.75 Å². The molecule has 2 fully saturated rings. The fourth-order valence-electron chi connectivity index (χ4n) is 5.23. The number of ether oxygens (including phenoxy) is 1. The number of carbonyl (C=O) groups excluding carboxylic acids is 3. The molecule has 2 saturated carbocycles. The molecule has 0 spiro atoms. The average molecular weight is 628 g/mol. The zero-order chi connectivity index (χ0) is 26.9. The van der Waals surface area contributed by atoms with E-state index in [-0.39, 0.29) is 36.4 Å². The first-order valence-electron chi connectivity index (χ1n) is 13.2. The van der Waals surface area contributed by atoms with Gasteiger partial charge in [0, 0.05) is 35.3 Å². The Hall–Kier alpha value is -1.92. The van der Waals surface area contributed by atoms with Gasteiger partial charge in [0.2, 0.25) is 0 Å². The minimum Gasteiger partial charge on any atom is -0.484 e. The Morgan fingerprint density at radius 2 is 1.22 bits per heavy atom. The van der Waals surface area contributed by atoms with E-state index in [9.17, 15) is 14.4 Å². The molecule has 37 heavy (non-hydrogen) atoms. The Bertz CT molecular complexity index is 865. The van der Waals surface area contributed by atoms with Crippen LogP contribution < -0.4 is 20.7 Å². The lowest BCUT2D eigenvalue weighted by molar-refractivity contribution is -0.122. The SMILES string of the molecule is CN(C)C1CCC(NC(=O)c2cc(OCC(=O)NCI)cc(C(=O)NC3CCC(N(C)C)CC3)c2)CC1. The standard InChI is InChI=1S/C27H42IN5O4/c1-32(2)22-9-5-20(6-10-22)30-26(35)18-13-19(15-24(14-18)37-16-25(34)29-17-28)27(36)31-21-7-11-23(12-8-21)33(3)4/h13-15,20-23H,5-12,16-17H2,1-4H3,(H,29,34)(H,30,35)(H,31,36). The smallest absolute Gasteiger partial charge is 0.258 e. The van der Waals surface area contributed by atoms with Crippen LogP contribution in [0, 0.1) is 0 Å². The number of nitrogens with one attached hydrogen (secondary N) is 3. The highest BCUT2D eigenvalue weighted by atomic mass is 127. The van der Waals surface area contributed by atoms with Crippen molar-refractivity contribution in [2.75, 3.05) is 39.3 Å². The second-order valence-electron chi connectivity index (χ2n) is 10.7. The van der Waals surface area contributed by atoms with Crippen LogP contribution in [0.2, 0.25) is 0 Å². The van der Waals surface area contributed by atoms with E-state index in [0.29, 0.717) is 33.5 Å². The van der Waals surface area contributed by atoms with E-state index < -0.39 is 0 Å². The van der Waals surface area contributed by atoms with Gasteiger partial charge in [0.1, 0.15) is 5.75 Å². The molecule has 3 rings (SSSR count). The van der Waals surface area contributed by atoms with Gasteiger partial charge in [-0.25, -0.2) is 0 Å². The summed E-state index contributed by atoms with van der Waals surface area (Å²) in [5, 5.41) is 8.96. The van der Waals surface area contributed by atoms with Gasteiger partial charge < -0.3 is 30.5 Å². The number of nitrogens with zero attached hydrogens (tertiary/aromatic N) is 2. The number of halogens is 1. The van der Waals surface area contributed by atoms with Crippen LogP contribution in [-0.2, 0) is 4.79 Å². The third kappa shape index (κ3) is 9.10. The summed E-state index contributed by atoms with van der Waals surface area (Å²) in [5.41, 5.74) is 0.728. The third-order valence-corrected chi connectivity index (χ3v) is 7.97. The van der Waals surface area contributed by atoms with Gasteiger partial charge in [0.15, 0.2) is 6.61 Å². The molecule has 0 bridgehead atoms. The van der Waals surface area contributed by atoms with Crippen molar-refractivity contribution in [1.29, 1.82) is 0 Å². The van der Waals surface area contributed by atoms with Crippen LogP contribution >= 0.6 is 22.6 Å². The molecule has 1 aromatic carbocycles. The molecule has 1 aromatic rings. The Morgan fingerprint density at radius 3 is 1.59 bits per heavy atom. The van der Waals surface area contributed by atoms with E-state index in [2.05, 4.69) is 53.9 Å². The number of rotatable bonds is 10. The molecule has 0 saturated heterocycles. The summed E-state index contributed by atoms with van der Waals surface area (Å²) in [5.74, 6) is -0.383. The summed E-state index contributed by atoms with van der Waals surface area (Å²) in [4.78, 5) is 42.8. The second kappa shape index (κ2) is 14.3. The summed E-state index contributed by atoms with van der Waals surface area (Å²) in [6, 6.07) is 6.13. The quantitative estimate of drug-likeness (QED) is 0.210. The van der Waals surface area contributed by atoms with Crippen molar-refractivity contribution in [3.05, 3.63) is 29.3 Å². The maximum absolute atomic E-state index is 13.2. The molecule has 3 N–H and O–H groups in total. The fraction of sp³-hybridized carbons (Fsp3) is 0.667. The van der Waals surface area contributed by atoms with Crippen molar-refractivity contribution in [1.82, 2.24) is 25.8 Å². The Balaban J connectivity index is 1.69. The second-order valence-corrected chi connectivity index (χ2v) is 11.4. The van der Waals surface area contributed by atoms with Gasteiger partial charge >= 0.3 is 0 Å². The third-order valence-electron chi connectivity index (χ3n) is 7.59. The topological polar surface area (TPSA) is 103 Å². The summed E-state index contributed by atoms with van der Waals surface area (Å²) in [7, 11) is 8.37. The molecule has 206 valence electrons. The molecule has 0 aliphatic heterocycles. The lowest BCUT2D eigenvalue weighted by Crippen LogP contribution is -2.42. The maximum Gasteiger partial charge on any atom is 0.258 e. The number of hydrogen-bond acceptors (Lipinski definition) is 6. The van der Waals surface area contributed by atoms with Gasteiger partial charge in [-0.05, 0) is 97.8 Å². The lowest BCUT2D eigenvalue weighted by atomic mass is 9.90. The first-order valence-corrected chi connectivity index (χ1v) is 14.7. The molecule has 2 aliphatic carbocycles. The Morgan fingerprint density at radius 1 is 0.784 bits per heavy atom. The molecule has 0 heterocycles. The number of alkyl halides is 1. The zero-order valence-electron chi connectivity index (χ0n) is 22.5. The van der Waals surface area contributed by atoms with E-state index in [1.165, 1.54) is 0 Å². The van der Waals surface area contributed by atoms with Crippen molar-refractivity contribution in [2.45, 2.75) is 75.5 Å². The van der Waals surface area contributed by atoms with E-state index >= 15 is 0 Å². The summed E-state index contributed by atoms with van der Waals surface area (Å²) >= 11 is 2.05. The molecule has 0 unspecified atom stereocenters. The molecule has 0 radical (unpaired) electrons. The molecule has 9 nitrogen and oxygen atoms in total. The van der Waals surface area contributed by atoms with Crippen molar-refractivity contribution < 1.29 is 19.1 Å². The van der Waals surface area contributed by atoms with Crippen LogP contribution in [-0.4, -0.2) is 91.0 Å². The fourth-order valence-corrected chi connectivity index (χ4v) is 5.65. The normalized spacial score (nSPS) is 24.0. The lowest BCUT2D eigenvalue weighted by Gasteiger charge is -2.33. The van der Waals surface area contributed by atoms with Crippen LogP contribution in [0.1, 0.15) is 72.1 Å². The molecule has 2 aliphatic rings. The largest absolute Gasteiger partial charge is 0.484 e. The van der Waals surface area contributed by atoms with Crippen LogP contribution in [0.15, 0.2) is 18.2 Å². The van der Waals surface area contributed by atoms with Gasteiger partial charge in [-0.2, -0.15) is 0 Å². The van der Waals surface area contributed by atoms with E-state index in [1.54, 1.807) is 18.2 Å². The highest BCUT2D eigenvalue weighted by Gasteiger charge is 2.26. The van der Waals surface area contributed by atoms with Crippen molar-refractivity contribution in [2.24, 2.45) is 0 Å². The average Bonchev–Trinajstić information content (AvgIpc) is 2.88. The molecular weight excluding hydrogens is 585 g/mol. The molecule has 3 amide bonds. The summed E-state index contributed by atoms with van der Waals surface area (Å²) in [6.07, 6.45) is 7.84. The van der Waals surface area contributed by atoms with Gasteiger partial charge in [-0.1, -0.05) is 22.6 Å². The number of carbonyl (C=O) groups is 3. The number of hydrogen-bond donors (Lipinski definition) is 3. The predicted molar refractivity (Wildman–Crippen MR) is 153 cm³/mol. The van der Waals surface area contributed by atoms with Crippen molar-refractivity contribution >= 4 is 40.3 Å². The molecule has 0 atom stereocenters.